The highest BCUT2D eigenvalue weighted by Gasteiger charge is 2.37. The van der Waals surface area contributed by atoms with Gasteiger partial charge in [0.2, 0.25) is 5.91 Å². The summed E-state index contributed by atoms with van der Waals surface area (Å²) < 4.78 is 5.65. The summed E-state index contributed by atoms with van der Waals surface area (Å²) in [7, 11) is 0. The van der Waals surface area contributed by atoms with Crippen LogP contribution in [0.15, 0.2) is 36.4 Å². The maximum atomic E-state index is 13.0. The van der Waals surface area contributed by atoms with Gasteiger partial charge in [0.1, 0.15) is 17.8 Å². The quantitative estimate of drug-likeness (QED) is 0.378. The van der Waals surface area contributed by atoms with E-state index < -0.39 is 0 Å². The Kier molecular flexibility index (Phi) is 6.28. The third kappa shape index (κ3) is 4.52. The summed E-state index contributed by atoms with van der Waals surface area (Å²) in [4.78, 5) is 45.3. The number of benzene rings is 2. The molecule has 3 aliphatic heterocycles. The number of ether oxygens (including phenoxy) is 1. The van der Waals surface area contributed by atoms with Gasteiger partial charge in [-0.2, -0.15) is 0 Å². The summed E-state index contributed by atoms with van der Waals surface area (Å²) in [6, 6.07) is 11.9. The molecule has 0 aliphatic carbocycles. The molecule has 7 rings (SSSR count). The smallest absolute Gasteiger partial charge is 0.252 e. The fraction of sp³-hybridized carbons (Fsp3) is 0.419. The van der Waals surface area contributed by atoms with Gasteiger partial charge in [0.05, 0.1) is 34.2 Å². The lowest BCUT2D eigenvalue weighted by Crippen LogP contribution is -2.38. The van der Waals surface area contributed by atoms with Crippen LogP contribution in [0, 0.1) is 11.8 Å². The highest BCUT2D eigenvalue weighted by atomic mass is 16.5. The Hall–Kier alpha value is -4.16. The molecule has 3 fully saturated rings. The minimum atomic E-state index is -0.308. The zero-order chi connectivity index (χ0) is 27.2. The maximum absolute atomic E-state index is 13.0. The van der Waals surface area contributed by atoms with E-state index in [9.17, 15) is 9.59 Å². The van der Waals surface area contributed by atoms with Crippen LogP contribution in [0.5, 0.6) is 0 Å². The van der Waals surface area contributed by atoms with E-state index in [4.69, 9.17) is 14.7 Å². The average molecular weight is 537 g/mol. The lowest BCUT2D eigenvalue weighted by Gasteiger charge is -2.25. The topological polar surface area (TPSA) is 107 Å². The van der Waals surface area contributed by atoms with Gasteiger partial charge in [0.25, 0.3) is 5.91 Å². The van der Waals surface area contributed by atoms with Gasteiger partial charge in [0.15, 0.2) is 0 Å². The van der Waals surface area contributed by atoms with Gasteiger partial charge >= 0.3 is 0 Å². The van der Waals surface area contributed by atoms with Crippen LogP contribution in [-0.2, 0) is 14.3 Å². The number of likely N-dealkylation sites (tertiary alicyclic amines) is 2. The zero-order valence-electron chi connectivity index (χ0n) is 22.6. The van der Waals surface area contributed by atoms with Crippen molar-refractivity contribution in [1.82, 2.24) is 29.7 Å². The first-order chi connectivity index (χ1) is 19.5. The normalized spacial score (nSPS) is 22.8. The number of rotatable bonds is 3. The molecule has 2 aromatic carbocycles. The number of fused-ring (bicyclic) bond motifs is 2. The van der Waals surface area contributed by atoms with Crippen LogP contribution >= 0.6 is 0 Å². The van der Waals surface area contributed by atoms with Crippen molar-refractivity contribution in [1.29, 1.82) is 0 Å². The van der Waals surface area contributed by atoms with Crippen molar-refractivity contribution in [3.05, 3.63) is 59.2 Å². The summed E-state index contributed by atoms with van der Waals surface area (Å²) >= 11 is 0. The summed E-state index contributed by atoms with van der Waals surface area (Å²) in [6.45, 7) is 3.81. The molecule has 9 nitrogen and oxygen atoms in total. The molecule has 0 saturated carbocycles. The van der Waals surface area contributed by atoms with Crippen LogP contribution in [0.1, 0.15) is 80.3 Å². The van der Waals surface area contributed by atoms with E-state index in [1.165, 1.54) is 0 Å². The maximum Gasteiger partial charge on any atom is 0.252 e. The van der Waals surface area contributed by atoms with Crippen LogP contribution in [0.4, 0.5) is 0 Å². The summed E-state index contributed by atoms with van der Waals surface area (Å²) in [5.74, 6) is 8.40. The van der Waals surface area contributed by atoms with Crippen molar-refractivity contribution >= 4 is 33.9 Å². The zero-order valence-corrected chi connectivity index (χ0v) is 22.6. The van der Waals surface area contributed by atoms with E-state index in [0.29, 0.717) is 6.61 Å². The van der Waals surface area contributed by atoms with Gasteiger partial charge in [0, 0.05) is 37.7 Å². The van der Waals surface area contributed by atoms with Crippen LogP contribution in [0.25, 0.3) is 22.1 Å². The number of amides is 2. The molecule has 204 valence electrons. The molecule has 5 heterocycles. The average Bonchev–Trinajstić information content (AvgIpc) is 3.79. The number of nitrogens with one attached hydrogen (secondary N) is 2. The van der Waals surface area contributed by atoms with Crippen molar-refractivity contribution < 1.29 is 14.3 Å². The molecule has 0 spiro atoms. The molecule has 3 saturated heterocycles. The predicted octanol–water partition coefficient (Wildman–Crippen LogP) is 4.36. The van der Waals surface area contributed by atoms with Crippen molar-refractivity contribution in [3.63, 3.8) is 0 Å². The second-order valence-electron chi connectivity index (χ2n) is 11.0. The number of hydrogen-bond donors (Lipinski definition) is 2. The Labute approximate surface area is 232 Å². The molecule has 0 radical (unpaired) electrons. The van der Waals surface area contributed by atoms with E-state index >= 15 is 0 Å². The number of carbonyl (C=O) groups excluding carboxylic acids is 2. The minimum absolute atomic E-state index is 0.0101. The Balaban J connectivity index is 1.10. The number of imidazole rings is 2. The van der Waals surface area contributed by atoms with E-state index in [-0.39, 0.29) is 30.0 Å². The van der Waals surface area contributed by atoms with Gasteiger partial charge in [-0.1, -0.05) is 11.8 Å². The molecule has 40 heavy (non-hydrogen) atoms. The lowest BCUT2D eigenvalue weighted by atomic mass is 10.1. The van der Waals surface area contributed by atoms with Crippen molar-refractivity contribution in [2.45, 2.75) is 63.6 Å². The monoisotopic (exact) mass is 536 g/mol. The van der Waals surface area contributed by atoms with Gasteiger partial charge in [-0.25, -0.2) is 9.97 Å². The Morgan fingerprint density at radius 1 is 0.825 bits per heavy atom. The van der Waals surface area contributed by atoms with E-state index in [2.05, 4.69) is 21.8 Å². The predicted molar refractivity (Wildman–Crippen MR) is 150 cm³/mol. The molecule has 3 atom stereocenters. The van der Waals surface area contributed by atoms with Crippen molar-refractivity contribution in [2.24, 2.45) is 0 Å². The number of carbonyl (C=O) groups is 2. The fourth-order valence-electron chi connectivity index (χ4n) is 6.37. The molecule has 3 aliphatic rings. The Morgan fingerprint density at radius 3 is 1.95 bits per heavy atom. The van der Waals surface area contributed by atoms with E-state index in [1.54, 1.807) is 6.92 Å². The Morgan fingerprint density at radius 2 is 1.40 bits per heavy atom. The number of nitrogens with zero attached hydrogens (tertiary/aromatic N) is 4. The number of aromatic amines is 2. The summed E-state index contributed by atoms with van der Waals surface area (Å²) in [5.41, 5.74) is 5.35. The fourth-order valence-corrected chi connectivity index (χ4v) is 6.37. The minimum Gasteiger partial charge on any atom is -0.368 e. The van der Waals surface area contributed by atoms with Gasteiger partial charge in [-0.05, 0) is 74.9 Å². The lowest BCUT2D eigenvalue weighted by molar-refractivity contribution is -0.142. The first-order valence-electron chi connectivity index (χ1n) is 14.2. The number of aromatic nitrogens is 4. The largest absolute Gasteiger partial charge is 0.368 e. The molecular formula is C31H32N6O3. The molecule has 2 amide bonds. The molecule has 9 heteroatoms. The molecular weight excluding hydrogens is 504 g/mol. The van der Waals surface area contributed by atoms with E-state index in [1.807, 2.05) is 46.2 Å². The van der Waals surface area contributed by atoms with Crippen LogP contribution < -0.4 is 0 Å². The number of hydrogen-bond acceptors (Lipinski definition) is 5. The van der Waals surface area contributed by atoms with Crippen LogP contribution in [0.3, 0.4) is 0 Å². The van der Waals surface area contributed by atoms with Crippen LogP contribution in [-0.4, -0.2) is 67.4 Å². The molecule has 1 unspecified atom stereocenters. The van der Waals surface area contributed by atoms with E-state index in [0.717, 1.165) is 96.5 Å². The highest BCUT2D eigenvalue weighted by Crippen LogP contribution is 2.34. The van der Waals surface area contributed by atoms with Gasteiger partial charge in [-0.15, -0.1) is 0 Å². The van der Waals surface area contributed by atoms with Gasteiger partial charge < -0.3 is 24.5 Å². The van der Waals surface area contributed by atoms with Crippen LogP contribution in [0.2, 0.25) is 0 Å². The second kappa shape index (κ2) is 10.1. The van der Waals surface area contributed by atoms with Gasteiger partial charge in [-0.3, -0.25) is 9.59 Å². The molecule has 0 bridgehead atoms. The van der Waals surface area contributed by atoms with Crippen molar-refractivity contribution in [3.8, 4) is 11.8 Å². The number of H-pyrrole nitrogens is 2. The molecule has 4 aromatic rings. The second-order valence-corrected chi connectivity index (χ2v) is 11.0. The summed E-state index contributed by atoms with van der Waals surface area (Å²) in [6.07, 6.45) is 5.22. The molecule has 2 N–H and O–H groups in total. The highest BCUT2D eigenvalue weighted by molar-refractivity contribution is 5.82. The summed E-state index contributed by atoms with van der Waals surface area (Å²) in [5, 5.41) is 0. The van der Waals surface area contributed by atoms with Crippen molar-refractivity contribution in [2.75, 3.05) is 19.7 Å². The standard InChI is InChI=1S/C31H32N6O3/c1-19(38)36-14-2-5-26(36)29-32-22-12-10-20(17-24(22)34-29)8-9-21-11-13-23-25(18-21)35-30(33-23)27-6-3-15-37(27)31(39)28-7-4-16-40-28/h10-13,17-18,26-28H,2-7,14-16H2,1H3,(H,32,34)(H,33,35)/t26-,27?,28-/m0/s1. The third-order valence-corrected chi connectivity index (χ3v) is 8.38. The third-order valence-electron chi connectivity index (χ3n) is 8.38. The molecule has 2 aromatic heterocycles. The SMILES string of the molecule is CC(=O)N1CCC[C@H]1c1nc2ccc(C#Cc3ccc4nc(C5CCCN5C(=O)[C@@H]5CCCO5)[nH]c4c3)cc2[nH]1. The first kappa shape index (κ1) is 24.9. The Bertz CT molecular complexity index is 1670. The first-order valence-corrected chi connectivity index (χ1v) is 14.2.